The SMILES string of the molecule is CC.CC.CC1(N2Cc3cc(C4CCN(P)CC4)ccc3C2=O)CCC(=O)NC1=O.Cc1ccc2c(c1)CN(C1(C)CCC(=O)NC1=O)C2=O.PN1CCC(Br)CC1. The van der Waals surface area contributed by atoms with E-state index in [2.05, 4.69) is 66.8 Å². The Morgan fingerprint density at radius 2 is 1.05 bits per heavy atom. The second kappa shape index (κ2) is 20.9. The summed E-state index contributed by atoms with van der Waals surface area (Å²) in [6, 6.07) is 11.8. The third-order valence-corrected chi connectivity index (χ3v) is 13.8. The highest BCUT2D eigenvalue weighted by Gasteiger charge is 2.49. The van der Waals surface area contributed by atoms with Crippen LogP contribution in [0.5, 0.6) is 0 Å². The Labute approximate surface area is 358 Å². The van der Waals surface area contributed by atoms with E-state index in [9.17, 15) is 28.8 Å². The lowest BCUT2D eigenvalue weighted by Gasteiger charge is -2.39. The number of nitrogens with one attached hydrogen (secondary N) is 2. The van der Waals surface area contributed by atoms with Gasteiger partial charge in [0, 0.05) is 68.1 Å². The zero-order chi connectivity index (χ0) is 42.9. The van der Waals surface area contributed by atoms with E-state index < -0.39 is 11.1 Å². The number of carbonyl (C=O) groups excluding carboxylic acids is 6. The predicted octanol–water partition coefficient (Wildman–Crippen LogP) is 6.64. The molecule has 2 aromatic rings. The number of carbonyl (C=O) groups is 6. The second-order valence-corrected chi connectivity index (χ2v) is 18.4. The third-order valence-electron chi connectivity index (χ3n) is 11.8. The van der Waals surface area contributed by atoms with E-state index in [0.29, 0.717) is 43.0 Å². The normalized spacial score (nSPS) is 25.1. The largest absolute Gasteiger partial charge is 0.320 e. The maximum Gasteiger partial charge on any atom is 0.255 e. The lowest BCUT2D eigenvalue weighted by atomic mass is 9.88. The third kappa shape index (κ3) is 10.8. The first-order valence-corrected chi connectivity index (χ1v) is 22.7. The van der Waals surface area contributed by atoms with Crippen molar-refractivity contribution in [3.05, 3.63) is 69.8 Å². The van der Waals surface area contributed by atoms with E-state index in [4.69, 9.17) is 0 Å². The van der Waals surface area contributed by atoms with Crippen LogP contribution >= 0.6 is 34.7 Å². The van der Waals surface area contributed by atoms with E-state index in [-0.39, 0.29) is 48.3 Å². The minimum atomic E-state index is -0.963. The van der Waals surface area contributed by atoms with Crippen molar-refractivity contribution < 1.29 is 28.8 Å². The molecule has 2 N–H and O–H groups in total. The number of hydrogen-bond acceptors (Lipinski definition) is 8. The van der Waals surface area contributed by atoms with Crippen molar-refractivity contribution in [3.63, 3.8) is 0 Å². The maximum atomic E-state index is 12.9. The molecule has 0 aliphatic carbocycles. The van der Waals surface area contributed by atoms with Crippen molar-refractivity contribution in [1.82, 2.24) is 29.8 Å². The average molecular weight is 902 g/mol. The second-order valence-electron chi connectivity index (χ2n) is 15.7. The Morgan fingerprint density at radius 3 is 1.48 bits per heavy atom. The van der Waals surface area contributed by atoms with Crippen LogP contribution in [0.25, 0.3) is 0 Å². The van der Waals surface area contributed by atoms with Crippen LogP contribution in [0, 0.1) is 6.92 Å². The van der Waals surface area contributed by atoms with Gasteiger partial charge in [0.1, 0.15) is 11.1 Å². The summed E-state index contributed by atoms with van der Waals surface area (Å²) in [4.78, 5) is 76.7. The van der Waals surface area contributed by atoms with E-state index in [1.54, 1.807) is 23.6 Å². The van der Waals surface area contributed by atoms with Crippen LogP contribution in [-0.4, -0.2) is 96.7 Å². The predicted molar refractivity (Wildman–Crippen MR) is 238 cm³/mol. The van der Waals surface area contributed by atoms with Crippen molar-refractivity contribution in [2.45, 2.75) is 135 Å². The van der Waals surface area contributed by atoms with Crippen molar-refractivity contribution in [2.24, 2.45) is 0 Å². The van der Waals surface area contributed by atoms with Crippen LogP contribution in [0.2, 0.25) is 0 Å². The van der Waals surface area contributed by atoms with Crippen LogP contribution in [0.15, 0.2) is 36.4 Å². The Balaban J connectivity index is 0.000000205. The highest BCUT2D eigenvalue weighted by atomic mass is 79.9. The van der Waals surface area contributed by atoms with Crippen molar-refractivity contribution in [3.8, 4) is 0 Å². The molecule has 2 aromatic carbocycles. The molecule has 318 valence electrons. The van der Waals surface area contributed by atoms with Gasteiger partial charge in [-0.05, 0) is 94.0 Å². The summed E-state index contributed by atoms with van der Waals surface area (Å²) in [5.41, 5.74) is 3.74. The lowest BCUT2D eigenvalue weighted by molar-refractivity contribution is -0.143. The summed E-state index contributed by atoms with van der Waals surface area (Å²) >= 11 is 3.58. The highest BCUT2D eigenvalue weighted by Crippen LogP contribution is 2.38. The first-order valence-electron chi connectivity index (χ1n) is 20.8. The molecular formula is C43H63BrN6O6P2. The number of aryl methyl sites for hydroxylation is 1. The van der Waals surface area contributed by atoms with Gasteiger partial charge >= 0.3 is 0 Å². The minimum absolute atomic E-state index is 0.113. The minimum Gasteiger partial charge on any atom is -0.320 e. The fourth-order valence-corrected chi connectivity index (χ4v) is 9.05. The fourth-order valence-electron chi connectivity index (χ4n) is 8.05. The summed E-state index contributed by atoms with van der Waals surface area (Å²) in [5, 5.41) is 4.72. The molecule has 6 aliphatic rings. The molecule has 0 bridgehead atoms. The van der Waals surface area contributed by atoms with Crippen LogP contribution < -0.4 is 10.6 Å². The summed E-state index contributed by atoms with van der Waals surface area (Å²) in [6.45, 7) is 18.9. The number of rotatable bonds is 3. The number of fused-ring (bicyclic) bond motifs is 2. The van der Waals surface area contributed by atoms with Gasteiger partial charge < -0.3 is 9.80 Å². The Hall–Kier alpha value is -3.08. The van der Waals surface area contributed by atoms with E-state index in [1.807, 2.05) is 58.9 Å². The number of nitrogens with zero attached hydrogens (tertiary/aromatic N) is 4. The van der Waals surface area contributed by atoms with Gasteiger partial charge in [0.05, 0.1) is 0 Å². The van der Waals surface area contributed by atoms with Crippen LogP contribution in [0.1, 0.15) is 142 Å². The highest BCUT2D eigenvalue weighted by molar-refractivity contribution is 9.09. The van der Waals surface area contributed by atoms with Gasteiger partial charge in [0.25, 0.3) is 23.6 Å². The first-order chi connectivity index (χ1) is 27.6. The molecule has 4 fully saturated rings. The molecule has 4 unspecified atom stereocenters. The fraction of sp³-hybridized carbons (Fsp3) is 0.581. The molecule has 6 aliphatic heterocycles. The molecule has 4 saturated heterocycles. The van der Waals surface area contributed by atoms with Crippen molar-refractivity contribution in [2.75, 3.05) is 26.2 Å². The number of amides is 6. The first kappa shape index (κ1) is 47.6. The number of imide groups is 2. The smallest absolute Gasteiger partial charge is 0.255 e. The number of hydrogen-bond donors (Lipinski definition) is 2. The lowest BCUT2D eigenvalue weighted by Crippen LogP contribution is -2.61. The zero-order valence-corrected chi connectivity index (χ0v) is 39.2. The quantitative estimate of drug-likeness (QED) is 0.199. The van der Waals surface area contributed by atoms with Crippen molar-refractivity contribution >= 4 is 70.2 Å². The van der Waals surface area contributed by atoms with Gasteiger partial charge in [-0.2, -0.15) is 0 Å². The molecular weight excluding hydrogens is 838 g/mol. The standard InChI is InChI=1S/C19H24N3O3P.C15H16N2O3.C5H11BrNP.2C2H6/c1-19(7-4-16(23)20-18(19)25)22-11-14-10-13(2-3-15(14)17(22)24)12-5-8-21(26)9-6-12;1-9-3-4-11-10(7-9)8-17(13(11)19)15(2)6-5-12(18)16-14(15)20;6-5-1-3-7(8)4-2-5;2*1-2/h2-3,10,12H,4-9,11,26H2,1H3,(H,20,23,25);3-4,7H,5-6,8H2,1-2H3,(H,16,18,20);5H,1-4,8H2;2*1-2H3. The Bertz CT molecular complexity index is 1840. The van der Waals surface area contributed by atoms with Gasteiger partial charge in [-0.3, -0.25) is 48.7 Å². The molecule has 0 radical (unpaired) electrons. The molecule has 8 rings (SSSR count). The summed E-state index contributed by atoms with van der Waals surface area (Å²) < 4.78 is 4.55. The molecule has 15 heteroatoms. The van der Waals surface area contributed by atoms with Gasteiger partial charge in [0.2, 0.25) is 11.8 Å². The molecule has 6 amide bonds. The van der Waals surface area contributed by atoms with E-state index in [0.717, 1.165) is 47.4 Å². The van der Waals surface area contributed by atoms with Crippen LogP contribution in [0.4, 0.5) is 0 Å². The van der Waals surface area contributed by atoms with Gasteiger partial charge in [-0.1, -0.05) is 92.2 Å². The maximum absolute atomic E-state index is 12.9. The number of halogens is 1. The molecule has 0 saturated carbocycles. The van der Waals surface area contributed by atoms with Crippen LogP contribution in [-0.2, 0) is 32.3 Å². The Morgan fingerprint density at radius 1 is 0.638 bits per heavy atom. The van der Waals surface area contributed by atoms with Gasteiger partial charge in [-0.25, -0.2) is 0 Å². The molecule has 12 nitrogen and oxygen atoms in total. The number of piperidine rings is 4. The van der Waals surface area contributed by atoms with Gasteiger partial charge in [0.15, 0.2) is 0 Å². The van der Waals surface area contributed by atoms with Crippen LogP contribution in [0.3, 0.4) is 0 Å². The van der Waals surface area contributed by atoms with E-state index in [1.165, 1.54) is 31.5 Å². The molecule has 58 heavy (non-hydrogen) atoms. The summed E-state index contributed by atoms with van der Waals surface area (Å²) in [6.07, 6.45) is 6.09. The molecule has 6 heterocycles. The average Bonchev–Trinajstić information content (AvgIpc) is 3.74. The topological polar surface area (TPSA) is 139 Å². The van der Waals surface area contributed by atoms with Crippen molar-refractivity contribution in [1.29, 1.82) is 0 Å². The Kier molecular flexibility index (Phi) is 17.2. The molecule has 0 spiro atoms. The summed E-state index contributed by atoms with van der Waals surface area (Å²) in [7, 11) is 5.50. The molecule has 4 atom stereocenters. The van der Waals surface area contributed by atoms with E-state index >= 15 is 0 Å². The van der Waals surface area contributed by atoms with Gasteiger partial charge in [-0.15, -0.1) is 0 Å². The summed E-state index contributed by atoms with van der Waals surface area (Å²) in [5.74, 6) is -1.01. The monoisotopic (exact) mass is 900 g/mol. The molecule has 0 aromatic heterocycles. The number of benzene rings is 2. The zero-order valence-electron chi connectivity index (χ0n) is 35.3. The number of alkyl halides is 1.